The SMILES string of the molecule is CNc1cc(F)cc2cc(C(=O)Nc3cnccc3CO[Si](c3ccccc3)(c3ccccc3)C(C)(C)C)c(=O)[nH]c12. The first-order chi connectivity index (χ1) is 20.1. The van der Waals surface area contributed by atoms with Crippen LogP contribution in [0.1, 0.15) is 36.7 Å². The second-order valence-electron chi connectivity index (χ2n) is 11.1. The van der Waals surface area contributed by atoms with Crippen molar-refractivity contribution in [2.75, 3.05) is 17.7 Å². The van der Waals surface area contributed by atoms with E-state index in [0.717, 1.165) is 10.4 Å². The minimum absolute atomic E-state index is 0.141. The number of carbonyl (C=O) groups excluding carboxylic acids is 1. The molecule has 2 heterocycles. The summed E-state index contributed by atoms with van der Waals surface area (Å²) in [5, 5.41) is 8.14. The lowest BCUT2D eigenvalue weighted by Gasteiger charge is -2.43. The molecule has 3 N–H and O–H groups in total. The molecular formula is C33H33FN4O3Si. The van der Waals surface area contributed by atoms with Gasteiger partial charge < -0.3 is 20.0 Å². The second kappa shape index (κ2) is 11.7. The van der Waals surface area contributed by atoms with E-state index in [0.29, 0.717) is 27.8 Å². The Morgan fingerprint density at radius 1 is 0.952 bits per heavy atom. The zero-order chi connectivity index (χ0) is 29.9. The van der Waals surface area contributed by atoms with Crippen molar-refractivity contribution >= 4 is 46.9 Å². The standard InChI is InChI=1S/C33H33FN4O3Si/c1-33(2,3)42(25-11-7-5-8-12-25,26-13-9-6-10-14-26)41-21-22-15-16-36-20-29(22)37-31(39)27-18-23-17-24(34)19-28(35-4)30(23)38-32(27)40/h5-20,35H,21H2,1-4H3,(H,37,39)(H,38,40). The van der Waals surface area contributed by atoms with Crippen LogP contribution in [-0.2, 0) is 11.0 Å². The number of fused-ring (bicyclic) bond motifs is 1. The van der Waals surface area contributed by atoms with Crippen molar-refractivity contribution in [2.24, 2.45) is 0 Å². The van der Waals surface area contributed by atoms with E-state index in [9.17, 15) is 14.0 Å². The number of benzene rings is 3. The molecule has 3 aromatic carbocycles. The zero-order valence-electron chi connectivity index (χ0n) is 24.0. The smallest absolute Gasteiger partial charge is 0.261 e. The molecule has 5 aromatic rings. The highest BCUT2D eigenvalue weighted by Gasteiger charge is 2.50. The Morgan fingerprint density at radius 2 is 1.60 bits per heavy atom. The number of halogens is 1. The van der Waals surface area contributed by atoms with Crippen LogP contribution >= 0.6 is 0 Å². The van der Waals surface area contributed by atoms with E-state index in [1.807, 2.05) is 36.4 Å². The molecule has 0 spiro atoms. The Bertz CT molecular complexity index is 1750. The first-order valence-corrected chi connectivity index (χ1v) is 15.6. The lowest BCUT2D eigenvalue weighted by Crippen LogP contribution is -2.66. The number of rotatable bonds is 8. The van der Waals surface area contributed by atoms with Gasteiger partial charge in [0.25, 0.3) is 19.8 Å². The molecule has 42 heavy (non-hydrogen) atoms. The Balaban J connectivity index is 1.50. The normalized spacial score (nSPS) is 11.8. The van der Waals surface area contributed by atoms with Crippen LogP contribution < -0.4 is 26.6 Å². The molecule has 0 unspecified atom stereocenters. The van der Waals surface area contributed by atoms with Gasteiger partial charge in [-0.3, -0.25) is 14.6 Å². The molecule has 0 saturated carbocycles. The first-order valence-electron chi connectivity index (χ1n) is 13.7. The highest BCUT2D eigenvalue weighted by Crippen LogP contribution is 2.37. The van der Waals surface area contributed by atoms with Crippen LogP contribution in [0.15, 0.2) is 102 Å². The highest BCUT2D eigenvalue weighted by molar-refractivity contribution is 6.99. The van der Waals surface area contributed by atoms with Crippen molar-refractivity contribution in [1.29, 1.82) is 0 Å². The van der Waals surface area contributed by atoms with Crippen LogP contribution in [0.3, 0.4) is 0 Å². The van der Waals surface area contributed by atoms with Gasteiger partial charge in [0.15, 0.2) is 0 Å². The minimum atomic E-state index is -2.84. The average Bonchev–Trinajstić information content (AvgIpc) is 2.98. The molecule has 0 fully saturated rings. The molecule has 7 nitrogen and oxygen atoms in total. The maximum atomic E-state index is 14.2. The summed E-state index contributed by atoms with van der Waals surface area (Å²) in [6.07, 6.45) is 3.18. The van der Waals surface area contributed by atoms with Gasteiger partial charge >= 0.3 is 0 Å². The van der Waals surface area contributed by atoms with Crippen LogP contribution in [0.5, 0.6) is 0 Å². The number of hydrogen-bond acceptors (Lipinski definition) is 5. The maximum Gasteiger partial charge on any atom is 0.261 e. The molecule has 0 saturated heterocycles. The van der Waals surface area contributed by atoms with Crippen LogP contribution in [0.25, 0.3) is 10.9 Å². The summed E-state index contributed by atoms with van der Waals surface area (Å²) >= 11 is 0. The van der Waals surface area contributed by atoms with Crippen molar-refractivity contribution in [3.05, 3.63) is 125 Å². The lowest BCUT2D eigenvalue weighted by molar-refractivity contribution is 0.102. The molecule has 0 radical (unpaired) electrons. The van der Waals surface area contributed by atoms with Gasteiger partial charge in [-0.2, -0.15) is 0 Å². The van der Waals surface area contributed by atoms with E-state index in [4.69, 9.17) is 4.43 Å². The van der Waals surface area contributed by atoms with Gasteiger partial charge in [0.05, 0.1) is 29.7 Å². The first kappa shape index (κ1) is 28.9. The molecule has 2 aromatic heterocycles. The third-order valence-electron chi connectivity index (χ3n) is 7.45. The molecule has 0 bridgehead atoms. The number of nitrogens with one attached hydrogen (secondary N) is 3. The Labute approximate surface area is 244 Å². The van der Waals surface area contributed by atoms with E-state index >= 15 is 0 Å². The number of aromatic amines is 1. The summed E-state index contributed by atoms with van der Waals surface area (Å²) in [5.74, 6) is -1.12. The van der Waals surface area contributed by atoms with Crippen molar-refractivity contribution < 1.29 is 13.6 Å². The highest BCUT2D eigenvalue weighted by atomic mass is 28.4. The van der Waals surface area contributed by atoms with Gasteiger partial charge in [0, 0.05) is 24.2 Å². The topological polar surface area (TPSA) is 96.1 Å². The average molecular weight is 581 g/mol. The van der Waals surface area contributed by atoms with Crippen molar-refractivity contribution in [3.63, 3.8) is 0 Å². The zero-order valence-corrected chi connectivity index (χ0v) is 25.0. The largest absolute Gasteiger partial charge is 0.403 e. The van der Waals surface area contributed by atoms with Gasteiger partial charge in [-0.25, -0.2) is 4.39 Å². The summed E-state index contributed by atoms with van der Waals surface area (Å²) in [5.41, 5.74) is 1.25. The lowest BCUT2D eigenvalue weighted by atomic mass is 10.1. The molecule has 9 heteroatoms. The fourth-order valence-electron chi connectivity index (χ4n) is 5.45. The summed E-state index contributed by atoms with van der Waals surface area (Å²) in [6.45, 7) is 6.80. The summed E-state index contributed by atoms with van der Waals surface area (Å²) in [4.78, 5) is 33.2. The van der Waals surface area contributed by atoms with Crippen molar-refractivity contribution in [1.82, 2.24) is 9.97 Å². The molecule has 5 rings (SSSR count). The van der Waals surface area contributed by atoms with E-state index in [-0.39, 0.29) is 17.2 Å². The summed E-state index contributed by atoms with van der Waals surface area (Å²) < 4.78 is 21.2. The number of amides is 1. The summed E-state index contributed by atoms with van der Waals surface area (Å²) in [6, 6.07) is 26.3. The van der Waals surface area contributed by atoms with Crippen LogP contribution in [0.2, 0.25) is 5.04 Å². The molecule has 0 aliphatic rings. The van der Waals surface area contributed by atoms with E-state index in [2.05, 4.69) is 65.6 Å². The molecule has 1 amide bonds. The van der Waals surface area contributed by atoms with Gasteiger partial charge in [0.2, 0.25) is 0 Å². The quantitative estimate of drug-likeness (QED) is 0.213. The number of hydrogen-bond donors (Lipinski definition) is 3. The monoisotopic (exact) mass is 580 g/mol. The van der Waals surface area contributed by atoms with Crippen LogP contribution in [0.4, 0.5) is 15.8 Å². The van der Waals surface area contributed by atoms with Gasteiger partial charge in [-0.05, 0) is 39.7 Å². The minimum Gasteiger partial charge on any atom is -0.403 e. The molecule has 0 atom stereocenters. The van der Waals surface area contributed by atoms with Crippen LogP contribution in [0, 0.1) is 5.82 Å². The number of H-pyrrole nitrogens is 1. The molecular weight excluding hydrogens is 547 g/mol. The Hall–Kier alpha value is -4.60. The van der Waals surface area contributed by atoms with E-state index in [1.54, 1.807) is 19.3 Å². The van der Waals surface area contributed by atoms with Crippen molar-refractivity contribution in [3.8, 4) is 0 Å². The molecule has 0 aliphatic heterocycles. The van der Waals surface area contributed by atoms with Gasteiger partial charge in [-0.1, -0.05) is 81.4 Å². The fourth-order valence-corrected chi connectivity index (χ4v) is 9.98. The number of aromatic nitrogens is 2. The van der Waals surface area contributed by atoms with Gasteiger partial charge in [0.1, 0.15) is 11.4 Å². The van der Waals surface area contributed by atoms with Crippen molar-refractivity contribution in [2.45, 2.75) is 32.4 Å². The molecule has 214 valence electrons. The Kier molecular flexibility index (Phi) is 8.06. The second-order valence-corrected chi connectivity index (χ2v) is 15.4. The fraction of sp³-hybridized carbons (Fsp3) is 0.182. The van der Waals surface area contributed by atoms with Crippen LogP contribution in [-0.4, -0.2) is 31.2 Å². The Morgan fingerprint density at radius 3 is 2.19 bits per heavy atom. The predicted octanol–water partition coefficient (Wildman–Crippen LogP) is 5.43. The molecule has 0 aliphatic carbocycles. The number of anilines is 2. The summed E-state index contributed by atoms with van der Waals surface area (Å²) in [7, 11) is -1.21. The number of nitrogens with zero attached hydrogens (tertiary/aromatic N) is 1. The number of carbonyl (C=O) groups is 1. The van der Waals surface area contributed by atoms with Gasteiger partial charge in [-0.15, -0.1) is 0 Å². The number of pyridine rings is 2. The van der Waals surface area contributed by atoms with E-state index < -0.39 is 25.6 Å². The maximum absolute atomic E-state index is 14.2. The third-order valence-corrected chi connectivity index (χ3v) is 12.4. The predicted molar refractivity (Wildman–Crippen MR) is 169 cm³/mol. The third kappa shape index (κ3) is 5.48. The van der Waals surface area contributed by atoms with E-state index in [1.165, 1.54) is 24.4 Å².